The first-order chi connectivity index (χ1) is 3.41. The van der Waals surface area contributed by atoms with Crippen LogP contribution in [0, 0.1) is 0 Å². The summed E-state index contributed by atoms with van der Waals surface area (Å²) in [5.74, 6) is 0. The van der Waals surface area contributed by atoms with Gasteiger partial charge in [-0.2, -0.15) is 4.94 Å². The lowest BCUT2D eigenvalue weighted by Crippen LogP contribution is -1.86. The van der Waals surface area contributed by atoms with E-state index in [4.69, 9.17) is 0 Å². The van der Waals surface area contributed by atoms with Crippen LogP contribution in [0.2, 0.25) is 12.6 Å². The van der Waals surface area contributed by atoms with E-state index in [1.54, 1.807) is 0 Å². The van der Waals surface area contributed by atoms with Crippen LogP contribution in [0.3, 0.4) is 0 Å². The molecule has 0 radical (unpaired) electrons. The van der Waals surface area contributed by atoms with Gasteiger partial charge in [0.1, 0.15) is 0 Å². The number of hydrogen-bond acceptors (Lipinski definition) is 1. The molecule has 0 atom stereocenters. The molecule has 0 saturated heterocycles. The summed E-state index contributed by atoms with van der Waals surface area (Å²) in [6.45, 7) is 2.50. The van der Waals surface area contributed by atoms with Crippen LogP contribution in [0.25, 0.3) is 0 Å². The van der Waals surface area contributed by atoms with Crippen molar-refractivity contribution >= 4 is 9.52 Å². The Labute approximate surface area is 45.6 Å². The van der Waals surface area contributed by atoms with Gasteiger partial charge in [-0.1, -0.05) is 12.6 Å². The maximum Gasteiger partial charge on any atom is 0.0873 e. The van der Waals surface area contributed by atoms with E-state index in [-0.39, 0.29) is 9.52 Å². The molecule has 0 spiro atoms. The van der Waals surface area contributed by atoms with Crippen LogP contribution < -0.4 is 0 Å². The molecular weight excluding hydrogens is 111 g/mol. The number of halogens is 1. The predicted molar refractivity (Wildman–Crippen MR) is 30.9 cm³/mol. The molecule has 1 nitrogen and oxygen atoms in total. The lowest BCUT2D eigenvalue weighted by Gasteiger charge is -1.88. The normalized spacial score (nSPS) is 11.1. The molecule has 44 valence electrons. The SMILES string of the molecule is C[SiH2]CCCOF. The van der Waals surface area contributed by atoms with Gasteiger partial charge in [0.2, 0.25) is 0 Å². The molecule has 0 aliphatic rings. The maximum absolute atomic E-state index is 10.8. The monoisotopic (exact) mass is 122 g/mol. The van der Waals surface area contributed by atoms with Crippen molar-refractivity contribution in [1.82, 2.24) is 0 Å². The van der Waals surface area contributed by atoms with Crippen LogP contribution in [0.5, 0.6) is 0 Å². The molecule has 0 aromatic heterocycles. The lowest BCUT2D eigenvalue weighted by atomic mass is 10.5. The second-order valence-corrected chi connectivity index (χ2v) is 3.23. The van der Waals surface area contributed by atoms with Gasteiger partial charge in [-0.05, 0) is 10.9 Å². The van der Waals surface area contributed by atoms with Gasteiger partial charge >= 0.3 is 0 Å². The molecule has 0 bridgehead atoms. The topological polar surface area (TPSA) is 9.23 Å². The zero-order chi connectivity index (χ0) is 5.54. The highest BCUT2D eigenvalue weighted by molar-refractivity contribution is 6.33. The Morgan fingerprint density at radius 1 is 1.71 bits per heavy atom. The van der Waals surface area contributed by atoms with Crippen LogP contribution in [-0.2, 0) is 4.94 Å². The molecular formula is C4H11FOSi. The zero-order valence-electron chi connectivity index (χ0n) is 4.61. The van der Waals surface area contributed by atoms with Crippen LogP contribution in [0.1, 0.15) is 6.42 Å². The minimum absolute atomic E-state index is 0.147. The Morgan fingerprint density at radius 2 is 2.43 bits per heavy atom. The van der Waals surface area contributed by atoms with Gasteiger partial charge in [-0.25, -0.2) is 0 Å². The van der Waals surface area contributed by atoms with Crippen LogP contribution in [0.4, 0.5) is 4.53 Å². The Hall–Kier alpha value is 0.107. The fourth-order valence-electron chi connectivity index (χ4n) is 0.407. The van der Waals surface area contributed by atoms with E-state index in [1.807, 2.05) is 0 Å². The van der Waals surface area contributed by atoms with E-state index in [2.05, 4.69) is 11.5 Å². The Bertz CT molecular complexity index is 30.9. The quantitative estimate of drug-likeness (QED) is 0.398. The predicted octanol–water partition coefficient (Wildman–Crippen LogP) is 0.913. The number of rotatable bonds is 4. The number of hydrogen-bond donors (Lipinski definition) is 0. The lowest BCUT2D eigenvalue weighted by molar-refractivity contribution is -0.131. The summed E-state index contributed by atoms with van der Waals surface area (Å²) in [6, 6.07) is 1.20. The van der Waals surface area contributed by atoms with Gasteiger partial charge in [0.25, 0.3) is 0 Å². The third-order valence-electron chi connectivity index (χ3n) is 0.825. The highest BCUT2D eigenvalue weighted by Gasteiger charge is 1.83. The van der Waals surface area contributed by atoms with E-state index in [0.717, 1.165) is 6.42 Å². The standard InChI is InChI=1S/C4H11FOSi/c1-7-4-2-3-6-5/h2-4,7H2,1H3. The molecule has 0 heterocycles. The summed E-state index contributed by atoms with van der Waals surface area (Å²) in [5.41, 5.74) is 0. The van der Waals surface area contributed by atoms with Gasteiger partial charge in [0, 0.05) is 9.52 Å². The summed E-state index contributed by atoms with van der Waals surface area (Å²) in [4.78, 5) is 3.37. The van der Waals surface area contributed by atoms with Crippen molar-refractivity contribution in [3.05, 3.63) is 0 Å². The molecule has 0 unspecified atom stereocenters. The summed E-state index contributed by atoms with van der Waals surface area (Å²) >= 11 is 0. The molecule has 0 N–H and O–H groups in total. The highest BCUT2D eigenvalue weighted by Crippen LogP contribution is 1.88. The minimum Gasteiger partial charge on any atom is -0.194 e. The second kappa shape index (κ2) is 6.11. The largest absolute Gasteiger partial charge is 0.194 e. The van der Waals surface area contributed by atoms with Crippen molar-refractivity contribution in [3.63, 3.8) is 0 Å². The molecule has 0 aliphatic heterocycles. The summed E-state index contributed by atoms with van der Waals surface area (Å²) in [7, 11) is 0.147. The Balaban J connectivity index is 2.45. The molecule has 0 amide bonds. The smallest absolute Gasteiger partial charge is 0.0873 e. The van der Waals surface area contributed by atoms with Crippen LogP contribution in [-0.4, -0.2) is 16.1 Å². The third kappa shape index (κ3) is 6.11. The second-order valence-electron chi connectivity index (χ2n) is 1.52. The fourth-order valence-corrected chi connectivity index (χ4v) is 1.11. The van der Waals surface area contributed by atoms with E-state index in [1.165, 1.54) is 6.04 Å². The van der Waals surface area contributed by atoms with E-state index in [9.17, 15) is 4.53 Å². The fraction of sp³-hybridized carbons (Fsp3) is 1.00. The average molecular weight is 122 g/mol. The van der Waals surface area contributed by atoms with Crippen molar-refractivity contribution in [2.75, 3.05) is 6.61 Å². The molecule has 0 aliphatic carbocycles. The highest BCUT2D eigenvalue weighted by atomic mass is 28.2. The van der Waals surface area contributed by atoms with Crippen molar-refractivity contribution in [2.24, 2.45) is 0 Å². The first kappa shape index (κ1) is 7.11. The molecule has 0 saturated carbocycles. The zero-order valence-corrected chi connectivity index (χ0v) is 6.03. The molecule has 0 aromatic rings. The van der Waals surface area contributed by atoms with Crippen molar-refractivity contribution < 1.29 is 9.47 Å². The summed E-state index contributed by atoms with van der Waals surface area (Å²) < 4.78 is 10.8. The molecule has 3 heteroatoms. The van der Waals surface area contributed by atoms with Gasteiger partial charge in [0.05, 0.1) is 6.61 Å². The molecule has 0 rings (SSSR count). The van der Waals surface area contributed by atoms with Crippen molar-refractivity contribution in [2.45, 2.75) is 19.0 Å². The first-order valence-corrected chi connectivity index (χ1v) is 5.06. The summed E-state index contributed by atoms with van der Waals surface area (Å²) in [5, 5.41) is 0. The van der Waals surface area contributed by atoms with Crippen LogP contribution >= 0.6 is 0 Å². The van der Waals surface area contributed by atoms with Gasteiger partial charge < -0.3 is 0 Å². The molecule has 0 aromatic carbocycles. The summed E-state index contributed by atoms with van der Waals surface area (Å²) in [6.07, 6.45) is 0.902. The Morgan fingerprint density at radius 3 is 2.86 bits per heavy atom. The molecule has 0 fully saturated rings. The first-order valence-electron chi connectivity index (χ1n) is 2.65. The van der Waals surface area contributed by atoms with Crippen LogP contribution in [0.15, 0.2) is 0 Å². The Kier molecular flexibility index (Phi) is 6.20. The van der Waals surface area contributed by atoms with E-state index >= 15 is 0 Å². The van der Waals surface area contributed by atoms with Gasteiger partial charge in [-0.3, -0.25) is 0 Å². The average Bonchev–Trinajstić information content (AvgIpc) is 1.69. The van der Waals surface area contributed by atoms with Gasteiger partial charge in [0.15, 0.2) is 0 Å². The van der Waals surface area contributed by atoms with Gasteiger partial charge in [-0.15, -0.1) is 0 Å². The maximum atomic E-state index is 10.8. The minimum atomic E-state index is 0.147. The van der Waals surface area contributed by atoms with E-state index < -0.39 is 0 Å². The molecule has 7 heavy (non-hydrogen) atoms. The van der Waals surface area contributed by atoms with Crippen molar-refractivity contribution in [1.29, 1.82) is 0 Å². The van der Waals surface area contributed by atoms with Crippen molar-refractivity contribution in [3.8, 4) is 0 Å². The van der Waals surface area contributed by atoms with E-state index in [0.29, 0.717) is 6.61 Å². The third-order valence-corrected chi connectivity index (χ3v) is 2.03.